The van der Waals surface area contributed by atoms with Crippen LogP contribution in [-0.4, -0.2) is 4.98 Å². The average Bonchev–Trinajstić information content (AvgIpc) is 2.76. The summed E-state index contributed by atoms with van der Waals surface area (Å²) in [6, 6.07) is 10.2. The third kappa shape index (κ3) is 2.31. The van der Waals surface area contributed by atoms with Gasteiger partial charge in [0.15, 0.2) is 0 Å². The van der Waals surface area contributed by atoms with E-state index in [2.05, 4.69) is 44.0 Å². The fourth-order valence-corrected chi connectivity index (χ4v) is 5.01. The highest BCUT2D eigenvalue weighted by Gasteiger charge is 2.15. The average molecular weight is 341 g/mol. The summed E-state index contributed by atoms with van der Waals surface area (Å²) in [5.74, 6) is 0. The summed E-state index contributed by atoms with van der Waals surface area (Å²) in [5.41, 5.74) is 0.798. The van der Waals surface area contributed by atoms with Gasteiger partial charge in [-0.1, -0.05) is 26.8 Å². The molecule has 23 heavy (non-hydrogen) atoms. The van der Waals surface area contributed by atoms with Crippen molar-refractivity contribution in [3.63, 3.8) is 0 Å². The van der Waals surface area contributed by atoms with Gasteiger partial charge >= 0.3 is 0 Å². The number of benzene rings is 2. The summed E-state index contributed by atoms with van der Waals surface area (Å²) in [6.45, 7) is 6.60. The van der Waals surface area contributed by atoms with Crippen LogP contribution in [0.4, 0.5) is 0 Å². The maximum atomic E-state index is 11.8. The fourth-order valence-electron chi connectivity index (χ4n) is 2.71. The van der Waals surface area contributed by atoms with Crippen molar-refractivity contribution in [2.24, 2.45) is 0 Å². The molecule has 0 radical (unpaired) electrons. The van der Waals surface area contributed by atoms with Gasteiger partial charge in [0, 0.05) is 18.8 Å². The molecule has 3 nitrogen and oxygen atoms in total. The minimum atomic E-state index is -0.299. The molecule has 4 aromatic rings. The number of nitrogens with one attached hydrogen (secondary N) is 1. The summed E-state index contributed by atoms with van der Waals surface area (Å²) < 4.78 is 4.48. The van der Waals surface area contributed by atoms with Gasteiger partial charge in [-0.05, 0) is 35.2 Å². The van der Waals surface area contributed by atoms with E-state index in [0.29, 0.717) is 10.8 Å². The molecule has 0 amide bonds. The maximum absolute atomic E-state index is 11.8. The Kier molecular flexibility index (Phi) is 3.02. The molecule has 1 N–H and O–H groups in total. The van der Waals surface area contributed by atoms with Crippen LogP contribution in [0.1, 0.15) is 26.3 Å². The Morgan fingerprint density at radius 2 is 1.30 bits per heavy atom. The van der Waals surface area contributed by atoms with Gasteiger partial charge in [-0.15, -0.1) is 22.7 Å². The Morgan fingerprint density at radius 3 is 1.87 bits per heavy atom. The summed E-state index contributed by atoms with van der Waals surface area (Å²) in [5, 5.41) is 0.967. The van der Waals surface area contributed by atoms with Crippen LogP contribution in [0, 0.1) is 0 Å². The molecule has 0 atom stereocenters. The summed E-state index contributed by atoms with van der Waals surface area (Å²) in [4.78, 5) is 26.0. The van der Waals surface area contributed by atoms with Crippen molar-refractivity contribution in [1.82, 2.24) is 4.98 Å². The Bertz CT molecular complexity index is 1190. The third-order valence-electron chi connectivity index (χ3n) is 4.05. The highest BCUT2D eigenvalue weighted by Crippen LogP contribution is 2.36. The highest BCUT2D eigenvalue weighted by molar-refractivity contribution is 7.36. The number of aromatic nitrogens is 1. The number of fused-ring (bicyclic) bond motifs is 3. The van der Waals surface area contributed by atoms with Crippen molar-refractivity contribution in [2.75, 3.05) is 0 Å². The second-order valence-electron chi connectivity index (χ2n) is 6.74. The molecule has 0 saturated carbocycles. The zero-order chi connectivity index (χ0) is 16.4. The number of hydrogen-bond acceptors (Lipinski definition) is 4. The second-order valence-corrected chi connectivity index (χ2v) is 8.91. The molecular weight excluding hydrogens is 326 g/mol. The standard InChI is InChI=1S/C18H15NO2S2/c1-18(2,3)9-4-5-12-13(6-9)23-15-8-11-10(7-14(15)22-12)16(20)19-17(11)21/h4-8H,1-3H3,(H,19,20,21). The largest absolute Gasteiger partial charge is 0.288 e. The molecule has 5 heteroatoms. The highest BCUT2D eigenvalue weighted by atomic mass is 32.1. The van der Waals surface area contributed by atoms with Gasteiger partial charge in [0.2, 0.25) is 0 Å². The topological polar surface area (TPSA) is 49.9 Å². The quantitative estimate of drug-likeness (QED) is 0.475. The lowest BCUT2D eigenvalue weighted by atomic mass is 9.87. The van der Waals surface area contributed by atoms with Gasteiger partial charge in [0.25, 0.3) is 11.1 Å². The van der Waals surface area contributed by atoms with E-state index < -0.39 is 0 Å². The van der Waals surface area contributed by atoms with E-state index in [0.717, 1.165) is 9.40 Å². The second kappa shape index (κ2) is 4.76. The van der Waals surface area contributed by atoms with Gasteiger partial charge in [0.1, 0.15) is 0 Å². The van der Waals surface area contributed by atoms with Crippen molar-refractivity contribution in [3.8, 4) is 0 Å². The van der Waals surface area contributed by atoms with Crippen molar-refractivity contribution >= 4 is 52.2 Å². The normalized spacial score (nSPS) is 12.5. The zero-order valence-corrected chi connectivity index (χ0v) is 14.7. The van der Waals surface area contributed by atoms with Crippen LogP contribution >= 0.6 is 22.7 Å². The van der Waals surface area contributed by atoms with Crippen LogP contribution in [0.3, 0.4) is 0 Å². The SMILES string of the molecule is CC(C)(C)c1ccc2sc3cc4c(=O)[nH]c(=O)c4cc3sc2c1. The molecule has 0 saturated heterocycles. The maximum Gasteiger partial charge on any atom is 0.258 e. The lowest BCUT2D eigenvalue weighted by molar-refractivity contribution is 0.591. The van der Waals surface area contributed by atoms with Crippen molar-refractivity contribution in [1.29, 1.82) is 0 Å². The van der Waals surface area contributed by atoms with Crippen molar-refractivity contribution < 1.29 is 0 Å². The van der Waals surface area contributed by atoms with Gasteiger partial charge in [-0.25, -0.2) is 0 Å². The van der Waals surface area contributed by atoms with Crippen molar-refractivity contribution in [2.45, 2.75) is 26.2 Å². The molecule has 0 aliphatic carbocycles. The monoisotopic (exact) mass is 341 g/mol. The predicted molar refractivity (Wildman–Crippen MR) is 100 cm³/mol. The molecule has 0 spiro atoms. The summed E-state index contributed by atoms with van der Waals surface area (Å²) in [6.07, 6.45) is 0. The molecule has 116 valence electrons. The first-order valence-electron chi connectivity index (χ1n) is 7.37. The number of hydrogen-bond donors (Lipinski definition) is 1. The third-order valence-corrected chi connectivity index (χ3v) is 6.56. The smallest absolute Gasteiger partial charge is 0.258 e. The Labute approximate surface area is 140 Å². The first-order chi connectivity index (χ1) is 10.8. The molecule has 0 bridgehead atoms. The van der Waals surface area contributed by atoms with Gasteiger partial charge in [-0.3, -0.25) is 14.6 Å². The molecule has 2 heterocycles. The van der Waals surface area contributed by atoms with E-state index in [1.165, 1.54) is 15.0 Å². The summed E-state index contributed by atoms with van der Waals surface area (Å²) >= 11 is 3.33. The van der Waals surface area contributed by atoms with Crippen LogP contribution in [-0.2, 0) is 5.41 Å². The van der Waals surface area contributed by atoms with E-state index in [9.17, 15) is 9.59 Å². The van der Waals surface area contributed by atoms with Crippen LogP contribution in [0.15, 0.2) is 39.9 Å². The van der Waals surface area contributed by atoms with Gasteiger partial charge < -0.3 is 0 Å². The van der Waals surface area contributed by atoms with Crippen LogP contribution in [0.5, 0.6) is 0 Å². The minimum absolute atomic E-state index is 0.102. The van der Waals surface area contributed by atoms with E-state index in [-0.39, 0.29) is 16.5 Å². The van der Waals surface area contributed by atoms with Crippen LogP contribution in [0.25, 0.3) is 29.6 Å². The van der Waals surface area contributed by atoms with Gasteiger partial charge in [-0.2, -0.15) is 0 Å². The van der Waals surface area contributed by atoms with E-state index in [4.69, 9.17) is 0 Å². The Balaban J connectivity index is 2.09. The van der Waals surface area contributed by atoms with E-state index >= 15 is 0 Å². The van der Waals surface area contributed by atoms with Crippen molar-refractivity contribution in [3.05, 3.63) is 56.6 Å². The lowest BCUT2D eigenvalue weighted by Crippen LogP contribution is -2.10. The zero-order valence-electron chi connectivity index (χ0n) is 13.0. The summed E-state index contributed by atoms with van der Waals surface area (Å²) in [7, 11) is 0. The fraction of sp³-hybridized carbons (Fsp3) is 0.222. The Morgan fingerprint density at radius 1 is 0.783 bits per heavy atom. The number of H-pyrrole nitrogens is 1. The number of rotatable bonds is 0. The van der Waals surface area contributed by atoms with Crippen LogP contribution in [0.2, 0.25) is 0 Å². The molecule has 0 fully saturated rings. The minimum Gasteiger partial charge on any atom is -0.288 e. The lowest BCUT2D eigenvalue weighted by Gasteiger charge is -2.19. The molecule has 0 aliphatic heterocycles. The Hall–Kier alpha value is -1.98. The number of aromatic amines is 1. The van der Waals surface area contributed by atoms with E-state index in [1.807, 2.05) is 12.1 Å². The molecule has 2 aromatic carbocycles. The molecule has 0 aliphatic rings. The molecule has 0 unspecified atom stereocenters. The molecule has 2 aromatic heterocycles. The van der Waals surface area contributed by atoms with E-state index in [1.54, 1.807) is 22.7 Å². The van der Waals surface area contributed by atoms with Crippen LogP contribution < -0.4 is 11.1 Å². The first kappa shape index (κ1) is 14.6. The molecular formula is C18H15NO2S2. The first-order valence-corrected chi connectivity index (χ1v) is 9.00. The predicted octanol–water partition coefficient (Wildman–Crippen LogP) is 4.62. The van der Waals surface area contributed by atoms with Gasteiger partial charge in [0.05, 0.1) is 10.8 Å². The molecule has 4 rings (SSSR count).